The zero-order valence-corrected chi connectivity index (χ0v) is 15.7. The monoisotopic (exact) mass is 370 g/mol. The Bertz CT molecular complexity index is 975. The van der Waals surface area contributed by atoms with Gasteiger partial charge in [-0.3, -0.25) is 4.98 Å². The van der Waals surface area contributed by atoms with Gasteiger partial charge in [0.2, 0.25) is 0 Å². The van der Waals surface area contributed by atoms with Crippen molar-refractivity contribution < 1.29 is 9.94 Å². The predicted octanol–water partition coefficient (Wildman–Crippen LogP) is 5.53. The Morgan fingerprint density at radius 3 is 2.54 bits per heavy atom. The molecule has 1 heterocycles. The summed E-state index contributed by atoms with van der Waals surface area (Å²) in [6.07, 6.45) is 8.83. The average Bonchev–Trinajstić information content (AvgIpc) is 2.74. The third-order valence-corrected chi connectivity index (χ3v) is 4.04. The van der Waals surface area contributed by atoms with Crippen LogP contribution in [0, 0.1) is 6.92 Å². The molecule has 140 valence electrons. The summed E-state index contributed by atoms with van der Waals surface area (Å²) in [5, 5.41) is 12.5. The van der Waals surface area contributed by atoms with E-state index in [1.54, 1.807) is 24.4 Å². The van der Waals surface area contributed by atoms with Gasteiger partial charge < -0.3 is 9.94 Å². The summed E-state index contributed by atoms with van der Waals surface area (Å²) in [4.78, 5) is 4.20. The molecule has 0 amide bonds. The van der Waals surface area contributed by atoms with Gasteiger partial charge in [-0.1, -0.05) is 59.3 Å². The lowest BCUT2D eigenvalue weighted by Gasteiger charge is -2.07. The molecule has 1 aromatic heterocycles. The molecule has 28 heavy (non-hydrogen) atoms. The van der Waals surface area contributed by atoms with Gasteiger partial charge in [-0.05, 0) is 60.5 Å². The van der Waals surface area contributed by atoms with Crippen molar-refractivity contribution in [1.82, 2.24) is 4.98 Å². The van der Waals surface area contributed by atoms with Crippen LogP contribution in [0.5, 0.6) is 5.75 Å². The number of aromatic nitrogens is 1. The fourth-order valence-corrected chi connectivity index (χ4v) is 2.59. The van der Waals surface area contributed by atoms with Crippen LogP contribution in [-0.2, 0) is 6.61 Å². The normalized spacial score (nSPS) is 12.0. The first-order valence-electron chi connectivity index (χ1n) is 9.00. The molecule has 3 rings (SSSR count). The van der Waals surface area contributed by atoms with Gasteiger partial charge >= 0.3 is 0 Å². The Morgan fingerprint density at radius 1 is 1.00 bits per heavy atom. The number of hydrogen-bond acceptors (Lipinski definition) is 4. The minimum atomic E-state index is 0.436. The Kier molecular flexibility index (Phi) is 6.74. The van der Waals surface area contributed by atoms with Gasteiger partial charge in [-0.15, -0.1) is 0 Å². The van der Waals surface area contributed by atoms with Crippen molar-refractivity contribution in [3.8, 4) is 5.75 Å². The van der Waals surface area contributed by atoms with Crippen molar-refractivity contribution in [3.63, 3.8) is 0 Å². The van der Waals surface area contributed by atoms with E-state index in [4.69, 9.17) is 9.94 Å². The Balaban J connectivity index is 1.57. The quantitative estimate of drug-likeness (QED) is 0.338. The summed E-state index contributed by atoms with van der Waals surface area (Å²) < 4.78 is 5.83. The van der Waals surface area contributed by atoms with Crippen LogP contribution in [0.15, 0.2) is 90.2 Å². The predicted molar refractivity (Wildman–Crippen MR) is 113 cm³/mol. The highest BCUT2D eigenvalue weighted by molar-refractivity contribution is 6.08. The van der Waals surface area contributed by atoms with Crippen molar-refractivity contribution in [2.24, 2.45) is 5.16 Å². The molecule has 0 fully saturated rings. The highest BCUT2D eigenvalue weighted by Gasteiger charge is 1.97. The van der Waals surface area contributed by atoms with Crippen molar-refractivity contribution in [2.75, 3.05) is 0 Å². The summed E-state index contributed by atoms with van der Waals surface area (Å²) in [6, 6.07) is 21.7. The Labute approximate surface area is 165 Å². The molecule has 0 atom stereocenters. The molecule has 4 heteroatoms. The molecule has 0 unspecified atom stereocenters. The Hall–Kier alpha value is -3.66. The number of hydrogen-bond donors (Lipinski definition) is 1. The molecule has 0 saturated carbocycles. The first-order valence-corrected chi connectivity index (χ1v) is 9.00. The fourth-order valence-electron chi connectivity index (χ4n) is 2.59. The first-order chi connectivity index (χ1) is 13.7. The maximum absolute atomic E-state index is 9.17. The summed E-state index contributed by atoms with van der Waals surface area (Å²) in [5.41, 5.74) is 4.58. The maximum Gasteiger partial charge on any atom is 0.119 e. The summed E-state index contributed by atoms with van der Waals surface area (Å²) in [5.74, 6) is 0.810. The molecule has 0 saturated heterocycles. The van der Waals surface area contributed by atoms with Crippen molar-refractivity contribution >= 4 is 17.9 Å². The molecule has 0 aliphatic heterocycles. The average molecular weight is 370 g/mol. The number of ether oxygens (including phenoxy) is 1. The molecule has 3 aromatic rings. The number of pyridine rings is 1. The fraction of sp³-hybridized carbons (Fsp3) is 0.0833. The largest absolute Gasteiger partial charge is 0.489 e. The van der Waals surface area contributed by atoms with Gasteiger partial charge in [-0.25, -0.2) is 0 Å². The highest BCUT2D eigenvalue weighted by atomic mass is 16.5. The Morgan fingerprint density at radius 2 is 1.82 bits per heavy atom. The minimum absolute atomic E-state index is 0.436. The van der Waals surface area contributed by atoms with Crippen LogP contribution in [0.4, 0.5) is 0 Å². The van der Waals surface area contributed by atoms with Crippen LogP contribution in [-0.4, -0.2) is 15.9 Å². The van der Waals surface area contributed by atoms with Crippen molar-refractivity contribution in [2.45, 2.75) is 13.5 Å². The lowest BCUT2D eigenvalue weighted by atomic mass is 10.1. The van der Waals surface area contributed by atoms with Crippen LogP contribution in [0.2, 0.25) is 0 Å². The molecule has 0 spiro atoms. The van der Waals surface area contributed by atoms with Crippen LogP contribution >= 0.6 is 0 Å². The molecule has 0 radical (unpaired) electrons. The number of benzene rings is 2. The van der Waals surface area contributed by atoms with Gasteiger partial charge in [0.25, 0.3) is 0 Å². The van der Waals surface area contributed by atoms with E-state index in [2.05, 4.69) is 35.3 Å². The molecule has 0 aliphatic carbocycles. The van der Waals surface area contributed by atoms with Crippen LogP contribution in [0.1, 0.15) is 22.4 Å². The molecular formula is C24H22N2O2. The second kappa shape index (κ2) is 9.88. The SMILES string of the molecule is Cc1cccc(COc2ccc(C=CC(C=Cc3ccccn3)=NO)cc2)c1. The lowest BCUT2D eigenvalue weighted by Crippen LogP contribution is -1.95. The third-order valence-electron chi connectivity index (χ3n) is 4.04. The molecule has 0 bridgehead atoms. The van der Waals surface area contributed by atoms with Gasteiger partial charge in [0.1, 0.15) is 18.1 Å². The topological polar surface area (TPSA) is 54.7 Å². The van der Waals surface area contributed by atoms with Crippen LogP contribution in [0.25, 0.3) is 12.2 Å². The lowest BCUT2D eigenvalue weighted by molar-refractivity contribution is 0.306. The van der Waals surface area contributed by atoms with Crippen molar-refractivity contribution in [1.29, 1.82) is 0 Å². The van der Waals surface area contributed by atoms with E-state index < -0.39 is 0 Å². The van der Waals surface area contributed by atoms with Crippen molar-refractivity contribution in [3.05, 3.63) is 107 Å². The number of aryl methyl sites for hydroxylation is 1. The second-order valence-electron chi connectivity index (χ2n) is 6.29. The second-order valence-corrected chi connectivity index (χ2v) is 6.29. The van der Waals surface area contributed by atoms with Crippen LogP contribution in [0.3, 0.4) is 0 Å². The van der Waals surface area contributed by atoms with E-state index in [9.17, 15) is 0 Å². The molecule has 0 aliphatic rings. The summed E-state index contributed by atoms with van der Waals surface area (Å²) >= 11 is 0. The third kappa shape index (κ3) is 5.95. The number of nitrogens with zero attached hydrogens (tertiary/aromatic N) is 2. The van der Waals surface area contributed by atoms with E-state index in [-0.39, 0.29) is 0 Å². The minimum Gasteiger partial charge on any atom is -0.489 e. The highest BCUT2D eigenvalue weighted by Crippen LogP contribution is 2.16. The van der Waals surface area contributed by atoms with E-state index in [0.717, 1.165) is 22.6 Å². The van der Waals surface area contributed by atoms with E-state index in [1.807, 2.05) is 54.6 Å². The molecule has 2 aromatic carbocycles. The van der Waals surface area contributed by atoms with Crippen LogP contribution < -0.4 is 4.74 Å². The molecule has 1 N–H and O–H groups in total. The first kappa shape index (κ1) is 19.1. The smallest absolute Gasteiger partial charge is 0.119 e. The van der Waals surface area contributed by atoms with Gasteiger partial charge in [0.05, 0.1) is 5.69 Å². The van der Waals surface area contributed by atoms with Gasteiger partial charge in [0.15, 0.2) is 0 Å². The molecule has 4 nitrogen and oxygen atoms in total. The zero-order chi connectivity index (χ0) is 19.6. The standard InChI is InChI=1S/C24H22N2O2/c1-19-5-4-6-21(17-19)18-28-24-14-9-20(10-15-24)8-11-23(26-27)13-12-22-7-2-3-16-25-22/h2-17,27H,18H2,1H3. The van der Waals surface area contributed by atoms with Gasteiger partial charge in [0, 0.05) is 6.20 Å². The number of oxime groups is 1. The maximum atomic E-state index is 9.17. The number of allylic oxidation sites excluding steroid dienone is 2. The summed E-state index contributed by atoms with van der Waals surface area (Å²) in [6.45, 7) is 2.61. The van der Waals surface area contributed by atoms with E-state index in [0.29, 0.717) is 12.3 Å². The zero-order valence-electron chi connectivity index (χ0n) is 15.7. The van der Waals surface area contributed by atoms with Gasteiger partial charge in [-0.2, -0.15) is 0 Å². The summed E-state index contributed by atoms with van der Waals surface area (Å²) in [7, 11) is 0. The van der Waals surface area contributed by atoms with E-state index >= 15 is 0 Å². The molecular weight excluding hydrogens is 348 g/mol. The number of rotatable bonds is 7. The van der Waals surface area contributed by atoms with E-state index in [1.165, 1.54) is 5.56 Å².